The third-order valence-electron chi connectivity index (χ3n) is 3.79. The average Bonchev–Trinajstić information content (AvgIpc) is 2.62. The molecule has 2 aromatic rings. The highest BCUT2D eigenvalue weighted by molar-refractivity contribution is 6.05. The predicted molar refractivity (Wildman–Crippen MR) is 100 cm³/mol. The number of carboxylic acids is 1. The molecule has 136 valence electrons. The normalized spacial score (nSPS) is 11.8. The number of aliphatic carboxylic acids is 1. The van der Waals surface area contributed by atoms with Gasteiger partial charge in [0.2, 0.25) is 5.76 Å². The number of carboxylic acid groups (broad SMARTS) is 1. The van der Waals surface area contributed by atoms with Gasteiger partial charge in [0.05, 0.1) is 0 Å². The first-order chi connectivity index (χ1) is 12.4. The number of benzene rings is 2. The minimum atomic E-state index is -1.45. The van der Waals surface area contributed by atoms with Gasteiger partial charge in [-0.05, 0) is 31.3 Å². The van der Waals surface area contributed by atoms with Crippen LogP contribution in [0, 0.1) is 0 Å². The lowest BCUT2D eigenvalue weighted by molar-refractivity contribution is -0.135. The van der Waals surface area contributed by atoms with E-state index in [0.29, 0.717) is 29.8 Å². The SMILES string of the molecule is CN(C)CCNC(=O)c1ccccc1/C(=C(\O)C(=O)O)c1ccccc1. The van der Waals surface area contributed by atoms with Crippen molar-refractivity contribution in [2.45, 2.75) is 0 Å². The van der Waals surface area contributed by atoms with Crippen LogP contribution < -0.4 is 5.32 Å². The number of nitrogens with zero attached hydrogens (tertiary/aromatic N) is 1. The van der Waals surface area contributed by atoms with Gasteiger partial charge < -0.3 is 20.4 Å². The maximum absolute atomic E-state index is 12.6. The van der Waals surface area contributed by atoms with Crippen LogP contribution in [-0.4, -0.2) is 54.2 Å². The molecular formula is C20H22N2O4. The molecule has 0 aromatic heterocycles. The van der Waals surface area contributed by atoms with E-state index in [0.717, 1.165) is 0 Å². The first-order valence-corrected chi connectivity index (χ1v) is 8.16. The van der Waals surface area contributed by atoms with E-state index >= 15 is 0 Å². The Morgan fingerprint density at radius 2 is 1.50 bits per heavy atom. The van der Waals surface area contributed by atoms with Crippen molar-refractivity contribution in [2.75, 3.05) is 27.2 Å². The summed E-state index contributed by atoms with van der Waals surface area (Å²) in [6, 6.07) is 15.3. The average molecular weight is 354 g/mol. The molecule has 2 aromatic carbocycles. The summed E-state index contributed by atoms with van der Waals surface area (Å²) in [5.41, 5.74) is 1.29. The van der Waals surface area contributed by atoms with Crippen LogP contribution in [-0.2, 0) is 4.79 Å². The van der Waals surface area contributed by atoms with Gasteiger partial charge in [0.1, 0.15) is 0 Å². The van der Waals surface area contributed by atoms with Crippen molar-refractivity contribution >= 4 is 17.4 Å². The third-order valence-corrected chi connectivity index (χ3v) is 3.79. The number of aliphatic hydroxyl groups is 1. The van der Waals surface area contributed by atoms with Gasteiger partial charge in [0, 0.05) is 24.2 Å². The molecule has 0 saturated carbocycles. The molecule has 0 radical (unpaired) electrons. The Hall–Kier alpha value is -3.12. The Labute approximate surface area is 152 Å². The number of hydrogen-bond donors (Lipinski definition) is 3. The second kappa shape index (κ2) is 8.82. The van der Waals surface area contributed by atoms with E-state index in [-0.39, 0.29) is 11.5 Å². The molecule has 0 heterocycles. The monoisotopic (exact) mass is 354 g/mol. The summed E-state index contributed by atoms with van der Waals surface area (Å²) < 4.78 is 0. The van der Waals surface area contributed by atoms with Gasteiger partial charge in [0.15, 0.2) is 0 Å². The molecule has 1 amide bonds. The molecule has 0 aliphatic heterocycles. The van der Waals surface area contributed by atoms with Gasteiger partial charge in [-0.15, -0.1) is 0 Å². The van der Waals surface area contributed by atoms with Crippen molar-refractivity contribution in [3.05, 3.63) is 77.0 Å². The highest BCUT2D eigenvalue weighted by atomic mass is 16.4. The molecule has 2 rings (SSSR count). The summed E-state index contributed by atoms with van der Waals surface area (Å²) in [5, 5.41) is 22.3. The van der Waals surface area contributed by atoms with Crippen LogP contribution >= 0.6 is 0 Å². The zero-order valence-electron chi connectivity index (χ0n) is 14.8. The van der Waals surface area contributed by atoms with Gasteiger partial charge in [0.25, 0.3) is 5.91 Å². The van der Waals surface area contributed by atoms with E-state index in [1.165, 1.54) is 0 Å². The summed E-state index contributed by atoms with van der Waals surface area (Å²) in [6.45, 7) is 1.13. The molecule has 0 unspecified atom stereocenters. The molecule has 6 heteroatoms. The van der Waals surface area contributed by atoms with Gasteiger partial charge in [-0.1, -0.05) is 48.5 Å². The minimum absolute atomic E-state index is 0.108. The summed E-state index contributed by atoms with van der Waals surface area (Å²) in [6.07, 6.45) is 0. The Kier molecular flexibility index (Phi) is 6.52. The second-order valence-electron chi connectivity index (χ2n) is 6.00. The minimum Gasteiger partial charge on any atom is -0.501 e. The topological polar surface area (TPSA) is 89.9 Å². The number of rotatable bonds is 7. The number of aliphatic hydroxyl groups excluding tert-OH is 1. The number of likely N-dealkylation sites (N-methyl/N-ethyl adjacent to an activating group) is 1. The quantitative estimate of drug-likeness (QED) is 0.525. The predicted octanol–water partition coefficient (Wildman–Crippen LogP) is 2.38. The van der Waals surface area contributed by atoms with Gasteiger partial charge in [-0.25, -0.2) is 4.79 Å². The smallest absolute Gasteiger partial charge is 0.371 e. The zero-order chi connectivity index (χ0) is 19.1. The summed E-state index contributed by atoms with van der Waals surface area (Å²) in [5.74, 6) is -2.58. The first-order valence-electron chi connectivity index (χ1n) is 8.16. The van der Waals surface area contributed by atoms with Crippen molar-refractivity contribution in [3.8, 4) is 0 Å². The van der Waals surface area contributed by atoms with E-state index in [1.807, 2.05) is 19.0 Å². The Morgan fingerprint density at radius 1 is 0.923 bits per heavy atom. The standard InChI is InChI=1S/C20H22N2O4/c1-22(2)13-12-21-19(24)16-11-7-6-10-15(16)17(18(23)20(25)26)14-8-4-3-5-9-14/h3-11,23H,12-13H2,1-2H3,(H,21,24)(H,25,26)/b18-17-. The van der Waals surface area contributed by atoms with Crippen LogP contribution in [0.5, 0.6) is 0 Å². The van der Waals surface area contributed by atoms with Gasteiger partial charge in [-0.3, -0.25) is 4.79 Å². The van der Waals surface area contributed by atoms with Crippen molar-refractivity contribution < 1.29 is 19.8 Å². The van der Waals surface area contributed by atoms with E-state index < -0.39 is 11.7 Å². The van der Waals surface area contributed by atoms with Crippen molar-refractivity contribution in [3.63, 3.8) is 0 Å². The van der Waals surface area contributed by atoms with Crippen molar-refractivity contribution in [1.29, 1.82) is 0 Å². The van der Waals surface area contributed by atoms with Crippen LogP contribution in [0.1, 0.15) is 21.5 Å². The van der Waals surface area contributed by atoms with Crippen molar-refractivity contribution in [2.24, 2.45) is 0 Å². The summed E-state index contributed by atoms with van der Waals surface area (Å²) in [4.78, 5) is 25.9. The number of carbonyl (C=O) groups is 2. The molecule has 0 bridgehead atoms. The fourth-order valence-corrected chi connectivity index (χ4v) is 2.52. The lowest BCUT2D eigenvalue weighted by atomic mass is 9.92. The van der Waals surface area contributed by atoms with Crippen LogP contribution in [0.3, 0.4) is 0 Å². The maximum atomic E-state index is 12.6. The molecule has 26 heavy (non-hydrogen) atoms. The molecule has 0 atom stereocenters. The van der Waals surface area contributed by atoms with E-state index in [2.05, 4.69) is 5.32 Å². The molecule has 6 nitrogen and oxygen atoms in total. The van der Waals surface area contributed by atoms with Crippen LogP contribution in [0.15, 0.2) is 60.4 Å². The molecular weight excluding hydrogens is 332 g/mol. The Bertz CT molecular complexity index is 814. The third kappa shape index (κ3) is 4.70. The lowest BCUT2D eigenvalue weighted by Gasteiger charge is -2.15. The largest absolute Gasteiger partial charge is 0.501 e. The molecule has 0 fully saturated rings. The Morgan fingerprint density at radius 3 is 2.08 bits per heavy atom. The van der Waals surface area contributed by atoms with E-state index in [4.69, 9.17) is 0 Å². The second-order valence-corrected chi connectivity index (χ2v) is 6.00. The fraction of sp³-hybridized carbons (Fsp3) is 0.200. The summed E-state index contributed by atoms with van der Waals surface area (Å²) >= 11 is 0. The fourth-order valence-electron chi connectivity index (χ4n) is 2.52. The van der Waals surface area contributed by atoms with Crippen LogP contribution in [0.25, 0.3) is 5.57 Å². The summed E-state index contributed by atoms with van der Waals surface area (Å²) in [7, 11) is 3.81. The number of nitrogens with one attached hydrogen (secondary N) is 1. The van der Waals surface area contributed by atoms with Gasteiger partial charge in [-0.2, -0.15) is 0 Å². The number of carbonyl (C=O) groups excluding carboxylic acids is 1. The molecule has 0 aliphatic carbocycles. The van der Waals surface area contributed by atoms with Crippen LogP contribution in [0.4, 0.5) is 0 Å². The van der Waals surface area contributed by atoms with E-state index in [1.54, 1.807) is 54.6 Å². The highest BCUT2D eigenvalue weighted by Gasteiger charge is 2.21. The van der Waals surface area contributed by atoms with Crippen molar-refractivity contribution in [1.82, 2.24) is 10.2 Å². The molecule has 3 N–H and O–H groups in total. The molecule has 0 aliphatic rings. The maximum Gasteiger partial charge on any atom is 0.371 e. The van der Waals surface area contributed by atoms with Gasteiger partial charge >= 0.3 is 5.97 Å². The van der Waals surface area contributed by atoms with E-state index in [9.17, 15) is 19.8 Å². The molecule has 0 saturated heterocycles. The Balaban J connectivity index is 2.49. The first kappa shape index (κ1) is 19.2. The highest BCUT2D eigenvalue weighted by Crippen LogP contribution is 2.29. The number of hydrogen-bond acceptors (Lipinski definition) is 4. The zero-order valence-corrected chi connectivity index (χ0v) is 14.8. The lowest BCUT2D eigenvalue weighted by Crippen LogP contribution is -2.31. The van der Waals surface area contributed by atoms with Crippen LogP contribution in [0.2, 0.25) is 0 Å². The molecule has 0 spiro atoms. The number of amides is 1.